The van der Waals surface area contributed by atoms with Crippen molar-refractivity contribution in [3.63, 3.8) is 0 Å². The van der Waals surface area contributed by atoms with E-state index in [9.17, 15) is 4.79 Å². The molecule has 0 unspecified atom stereocenters. The molecule has 0 fully saturated rings. The van der Waals surface area contributed by atoms with E-state index in [4.69, 9.17) is 11.6 Å². The molecule has 0 saturated heterocycles. The van der Waals surface area contributed by atoms with Gasteiger partial charge in [0.15, 0.2) is 0 Å². The van der Waals surface area contributed by atoms with E-state index < -0.39 is 0 Å². The highest BCUT2D eigenvalue weighted by Crippen LogP contribution is 2.21. The number of halogens is 1. The number of hydrogen-bond donors (Lipinski definition) is 2. The summed E-state index contributed by atoms with van der Waals surface area (Å²) in [4.78, 5) is 25.0. The van der Waals surface area contributed by atoms with Gasteiger partial charge in [-0.05, 0) is 42.8 Å². The fourth-order valence-corrected chi connectivity index (χ4v) is 2.38. The lowest BCUT2D eigenvalue weighted by molar-refractivity contribution is 0.102. The molecule has 6 nitrogen and oxygen atoms in total. The standard InChI is InChI=1S/C18H16ClN5O/c1-12-10-16(17(25)23-15-5-3-2-4-14(15)19)24-18(22-12)21-11-13-6-8-20-9-7-13/h2-10H,11H2,1H3,(H,23,25)(H,21,22,24). The average Bonchev–Trinajstić information content (AvgIpc) is 2.62. The van der Waals surface area contributed by atoms with Crippen LogP contribution in [0, 0.1) is 6.92 Å². The molecule has 1 aromatic carbocycles. The van der Waals surface area contributed by atoms with E-state index in [2.05, 4.69) is 25.6 Å². The Morgan fingerprint density at radius 3 is 2.64 bits per heavy atom. The van der Waals surface area contributed by atoms with E-state index in [0.29, 0.717) is 28.9 Å². The van der Waals surface area contributed by atoms with Gasteiger partial charge in [-0.2, -0.15) is 0 Å². The maximum Gasteiger partial charge on any atom is 0.274 e. The van der Waals surface area contributed by atoms with Gasteiger partial charge in [-0.1, -0.05) is 23.7 Å². The Balaban J connectivity index is 1.74. The number of anilines is 2. The molecule has 2 aromatic heterocycles. The summed E-state index contributed by atoms with van der Waals surface area (Å²) in [5.41, 5.74) is 2.54. The third-order valence-electron chi connectivity index (χ3n) is 3.41. The molecule has 0 atom stereocenters. The first-order chi connectivity index (χ1) is 12.1. The Bertz CT molecular complexity index is 886. The predicted octanol–water partition coefficient (Wildman–Crippen LogP) is 3.70. The summed E-state index contributed by atoms with van der Waals surface area (Å²) in [7, 11) is 0. The minimum Gasteiger partial charge on any atom is -0.350 e. The van der Waals surface area contributed by atoms with Gasteiger partial charge in [0.25, 0.3) is 5.91 Å². The van der Waals surface area contributed by atoms with Crippen LogP contribution in [0.15, 0.2) is 54.9 Å². The number of carbonyl (C=O) groups is 1. The monoisotopic (exact) mass is 353 g/mol. The highest BCUT2D eigenvalue weighted by atomic mass is 35.5. The predicted molar refractivity (Wildman–Crippen MR) is 97.7 cm³/mol. The number of aromatic nitrogens is 3. The van der Waals surface area contributed by atoms with Crippen LogP contribution in [0.3, 0.4) is 0 Å². The molecule has 7 heteroatoms. The van der Waals surface area contributed by atoms with Crippen LogP contribution in [0.1, 0.15) is 21.7 Å². The lowest BCUT2D eigenvalue weighted by Crippen LogP contribution is -2.16. The van der Waals surface area contributed by atoms with Crippen molar-refractivity contribution in [1.82, 2.24) is 15.0 Å². The molecule has 0 aliphatic heterocycles. The molecule has 0 radical (unpaired) electrons. The van der Waals surface area contributed by atoms with Crippen LogP contribution in [0.25, 0.3) is 0 Å². The van der Waals surface area contributed by atoms with Crippen LogP contribution >= 0.6 is 11.6 Å². The number of nitrogens with zero attached hydrogens (tertiary/aromatic N) is 3. The first-order valence-corrected chi connectivity index (χ1v) is 8.04. The van der Waals surface area contributed by atoms with Crippen LogP contribution in [0.5, 0.6) is 0 Å². The molecule has 0 aliphatic carbocycles. The Morgan fingerprint density at radius 2 is 1.88 bits per heavy atom. The molecular formula is C18H16ClN5O. The van der Waals surface area contributed by atoms with E-state index in [1.165, 1.54) is 0 Å². The van der Waals surface area contributed by atoms with Crippen molar-refractivity contribution in [2.45, 2.75) is 13.5 Å². The lowest BCUT2D eigenvalue weighted by Gasteiger charge is -2.09. The normalized spacial score (nSPS) is 10.3. The minimum absolute atomic E-state index is 0.268. The smallest absolute Gasteiger partial charge is 0.274 e. The summed E-state index contributed by atoms with van der Waals surface area (Å²) < 4.78 is 0. The number of pyridine rings is 1. The Morgan fingerprint density at radius 1 is 1.12 bits per heavy atom. The molecule has 126 valence electrons. The number of amides is 1. The van der Waals surface area contributed by atoms with Crippen molar-refractivity contribution in [1.29, 1.82) is 0 Å². The molecular weight excluding hydrogens is 338 g/mol. The van der Waals surface area contributed by atoms with Gasteiger partial charge < -0.3 is 10.6 Å². The van der Waals surface area contributed by atoms with Gasteiger partial charge >= 0.3 is 0 Å². The fraction of sp³-hybridized carbons (Fsp3) is 0.111. The van der Waals surface area contributed by atoms with Gasteiger partial charge in [-0.15, -0.1) is 0 Å². The zero-order chi connectivity index (χ0) is 17.6. The molecule has 25 heavy (non-hydrogen) atoms. The van der Waals surface area contributed by atoms with Crippen molar-refractivity contribution in [3.05, 3.63) is 76.8 Å². The topological polar surface area (TPSA) is 79.8 Å². The van der Waals surface area contributed by atoms with Gasteiger partial charge in [0, 0.05) is 24.6 Å². The number of hydrogen-bond acceptors (Lipinski definition) is 5. The van der Waals surface area contributed by atoms with E-state index in [-0.39, 0.29) is 11.6 Å². The largest absolute Gasteiger partial charge is 0.350 e. The second kappa shape index (κ2) is 7.72. The zero-order valence-corrected chi connectivity index (χ0v) is 14.3. The van der Waals surface area contributed by atoms with Crippen LogP contribution in [0.4, 0.5) is 11.6 Å². The number of rotatable bonds is 5. The van der Waals surface area contributed by atoms with E-state index in [1.54, 1.807) is 42.7 Å². The number of benzene rings is 1. The van der Waals surface area contributed by atoms with Crippen molar-refractivity contribution in [2.24, 2.45) is 0 Å². The van der Waals surface area contributed by atoms with Crippen molar-refractivity contribution in [2.75, 3.05) is 10.6 Å². The van der Waals surface area contributed by atoms with E-state index >= 15 is 0 Å². The molecule has 0 aliphatic rings. The van der Waals surface area contributed by atoms with Gasteiger partial charge in [0.05, 0.1) is 10.7 Å². The third-order valence-corrected chi connectivity index (χ3v) is 3.74. The highest BCUT2D eigenvalue weighted by molar-refractivity contribution is 6.33. The fourth-order valence-electron chi connectivity index (χ4n) is 2.19. The molecule has 2 heterocycles. The Kier molecular flexibility index (Phi) is 5.20. The van der Waals surface area contributed by atoms with Crippen molar-refractivity contribution in [3.8, 4) is 0 Å². The SMILES string of the molecule is Cc1cc(C(=O)Nc2ccccc2Cl)nc(NCc2ccncc2)n1. The van der Waals surface area contributed by atoms with Crippen LogP contribution in [-0.2, 0) is 6.54 Å². The minimum atomic E-state index is -0.342. The van der Waals surface area contributed by atoms with Crippen molar-refractivity contribution < 1.29 is 4.79 Å². The van der Waals surface area contributed by atoms with Crippen LogP contribution in [0.2, 0.25) is 5.02 Å². The summed E-state index contributed by atoms with van der Waals surface area (Å²) >= 11 is 6.07. The number of carbonyl (C=O) groups excluding carboxylic acids is 1. The van der Waals surface area contributed by atoms with Crippen LogP contribution in [-0.4, -0.2) is 20.9 Å². The molecule has 0 saturated carbocycles. The maximum atomic E-state index is 12.4. The second-order valence-corrected chi connectivity index (χ2v) is 5.77. The average molecular weight is 354 g/mol. The maximum absolute atomic E-state index is 12.4. The first-order valence-electron chi connectivity index (χ1n) is 7.66. The Labute approximate surface area is 150 Å². The molecule has 1 amide bonds. The van der Waals surface area contributed by atoms with Gasteiger partial charge in [0.1, 0.15) is 5.69 Å². The van der Waals surface area contributed by atoms with Gasteiger partial charge in [-0.25, -0.2) is 9.97 Å². The van der Waals surface area contributed by atoms with E-state index in [1.807, 2.05) is 19.1 Å². The molecule has 0 bridgehead atoms. The number of aryl methyl sites for hydroxylation is 1. The number of nitrogens with one attached hydrogen (secondary N) is 2. The summed E-state index contributed by atoms with van der Waals surface area (Å²) in [6.07, 6.45) is 3.44. The zero-order valence-electron chi connectivity index (χ0n) is 13.5. The quantitative estimate of drug-likeness (QED) is 0.731. The summed E-state index contributed by atoms with van der Waals surface area (Å²) in [6.45, 7) is 2.35. The molecule has 3 rings (SSSR count). The first kappa shape index (κ1) is 16.9. The summed E-state index contributed by atoms with van der Waals surface area (Å²) in [6, 6.07) is 12.5. The summed E-state index contributed by atoms with van der Waals surface area (Å²) in [5.74, 6) is 0.0479. The second-order valence-electron chi connectivity index (χ2n) is 5.36. The molecule has 0 spiro atoms. The van der Waals surface area contributed by atoms with Gasteiger partial charge in [0.2, 0.25) is 5.95 Å². The van der Waals surface area contributed by atoms with Crippen molar-refractivity contribution >= 4 is 29.1 Å². The summed E-state index contributed by atoms with van der Waals surface area (Å²) in [5, 5.41) is 6.34. The van der Waals surface area contributed by atoms with Gasteiger partial charge in [-0.3, -0.25) is 9.78 Å². The molecule has 2 N–H and O–H groups in total. The Hall–Kier alpha value is -2.99. The lowest BCUT2D eigenvalue weighted by atomic mass is 10.2. The highest BCUT2D eigenvalue weighted by Gasteiger charge is 2.12. The molecule has 3 aromatic rings. The third kappa shape index (κ3) is 4.51. The van der Waals surface area contributed by atoms with Crippen LogP contribution < -0.4 is 10.6 Å². The number of para-hydroxylation sites is 1. The van der Waals surface area contributed by atoms with E-state index in [0.717, 1.165) is 5.56 Å².